The number of fused-ring (bicyclic) bond motifs is 3. The first kappa shape index (κ1) is 19.7. The lowest BCUT2D eigenvalue weighted by Crippen LogP contribution is -2.44. The molecule has 7 heteroatoms. The van der Waals surface area contributed by atoms with Crippen LogP contribution in [0.4, 0.5) is 5.82 Å². The number of likely N-dealkylation sites (tertiary alicyclic amines) is 1. The molecule has 1 aliphatic heterocycles. The molecule has 31 heavy (non-hydrogen) atoms. The molecule has 0 aromatic carbocycles. The molecular formula is C24H29BrN6. The zero-order valence-electron chi connectivity index (χ0n) is 17.8. The normalized spacial score (nSPS) is 28.4. The molecule has 3 fully saturated rings. The van der Waals surface area contributed by atoms with Crippen molar-refractivity contribution in [2.75, 3.05) is 18.4 Å². The van der Waals surface area contributed by atoms with Crippen molar-refractivity contribution in [1.29, 1.82) is 0 Å². The van der Waals surface area contributed by atoms with Gasteiger partial charge in [-0.15, -0.1) is 0 Å². The summed E-state index contributed by atoms with van der Waals surface area (Å²) in [7, 11) is 0. The van der Waals surface area contributed by atoms with Gasteiger partial charge in [-0.25, -0.2) is 4.98 Å². The summed E-state index contributed by atoms with van der Waals surface area (Å²) in [5.74, 6) is 3.42. The molecule has 0 radical (unpaired) electrons. The predicted molar refractivity (Wildman–Crippen MR) is 125 cm³/mol. The van der Waals surface area contributed by atoms with Crippen molar-refractivity contribution in [1.82, 2.24) is 24.5 Å². The van der Waals surface area contributed by atoms with E-state index in [1.54, 1.807) is 0 Å². The first-order valence-corrected chi connectivity index (χ1v) is 12.4. The Balaban J connectivity index is 1.26. The highest BCUT2D eigenvalue weighted by atomic mass is 79.9. The second kappa shape index (κ2) is 8.17. The summed E-state index contributed by atoms with van der Waals surface area (Å²) in [5.41, 5.74) is 3.24. The molecule has 0 spiro atoms. The van der Waals surface area contributed by atoms with Gasteiger partial charge in [0.25, 0.3) is 0 Å². The maximum atomic E-state index is 5.06. The van der Waals surface area contributed by atoms with E-state index in [1.807, 2.05) is 29.2 Å². The van der Waals surface area contributed by atoms with Crippen molar-refractivity contribution in [3.63, 3.8) is 0 Å². The van der Waals surface area contributed by atoms with Crippen molar-refractivity contribution >= 4 is 27.4 Å². The largest absolute Gasteiger partial charge is 0.366 e. The standard InChI is InChI=1S/C24H29BrN6/c25-20-14-28-31-23(27-13-17-3-1-7-26-12-17)11-21(29-24(20)31)19-4-2-8-30(15-19)22-10-16-5-6-18(22)9-16/h1,3,7,11-12,14,16,18-19,22,27H,2,4-6,8-10,13,15H2. The van der Waals surface area contributed by atoms with Gasteiger partial charge in [-0.2, -0.15) is 9.61 Å². The molecule has 4 unspecified atom stereocenters. The zero-order valence-corrected chi connectivity index (χ0v) is 19.3. The van der Waals surface area contributed by atoms with Gasteiger partial charge >= 0.3 is 0 Å². The average Bonchev–Trinajstić information content (AvgIpc) is 3.55. The lowest BCUT2D eigenvalue weighted by Gasteiger charge is -2.40. The maximum absolute atomic E-state index is 5.06. The molecule has 2 saturated carbocycles. The number of halogens is 1. The van der Waals surface area contributed by atoms with Crippen LogP contribution in [0, 0.1) is 11.8 Å². The van der Waals surface area contributed by atoms with Crippen molar-refractivity contribution in [2.45, 2.75) is 57.0 Å². The third-order valence-electron chi connectivity index (χ3n) is 7.69. The molecule has 162 valence electrons. The maximum Gasteiger partial charge on any atom is 0.171 e. The minimum absolute atomic E-state index is 0.485. The van der Waals surface area contributed by atoms with Crippen molar-refractivity contribution in [3.8, 4) is 0 Å². The van der Waals surface area contributed by atoms with E-state index in [0.717, 1.165) is 45.9 Å². The molecule has 2 bridgehead atoms. The Labute approximate surface area is 191 Å². The third-order valence-corrected chi connectivity index (χ3v) is 8.25. The van der Waals surface area contributed by atoms with Crippen LogP contribution < -0.4 is 5.32 Å². The molecule has 3 aromatic rings. The van der Waals surface area contributed by atoms with E-state index in [0.29, 0.717) is 12.5 Å². The van der Waals surface area contributed by atoms with Gasteiger partial charge in [0.1, 0.15) is 5.82 Å². The Hall–Kier alpha value is -1.99. The molecule has 2 aliphatic carbocycles. The van der Waals surface area contributed by atoms with Crippen LogP contribution in [0.3, 0.4) is 0 Å². The predicted octanol–water partition coefficient (Wildman–Crippen LogP) is 4.87. The molecule has 3 aliphatic rings. The van der Waals surface area contributed by atoms with E-state index >= 15 is 0 Å². The Kier molecular flexibility index (Phi) is 5.19. The van der Waals surface area contributed by atoms with Gasteiger partial charge in [0.05, 0.1) is 16.4 Å². The Morgan fingerprint density at radius 1 is 1.16 bits per heavy atom. The number of rotatable bonds is 5. The number of hydrogen-bond acceptors (Lipinski definition) is 5. The molecule has 4 heterocycles. The van der Waals surface area contributed by atoms with Crippen LogP contribution in [0.2, 0.25) is 0 Å². The van der Waals surface area contributed by atoms with Crippen molar-refractivity contribution < 1.29 is 0 Å². The van der Waals surface area contributed by atoms with Gasteiger partial charge in [0.2, 0.25) is 0 Å². The lowest BCUT2D eigenvalue weighted by atomic mass is 9.88. The van der Waals surface area contributed by atoms with Crippen LogP contribution in [0.15, 0.2) is 41.3 Å². The zero-order chi connectivity index (χ0) is 20.8. The van der Waals surface area contributed by atoms with Crippen LogP contribution >= 0.6 is 15.9 Å². The summed E-state index contributed by atoms with van der Waals surface area (Å²) >= 11 is 3.65. The lowest BCUT2D eigenvalue weighted by molar-refractivity contribution is 0.107. The van der Waals surface area contributed by atoms with Crippen LogP contribution in [-0.2, 0) is 6.54 Å². The Bertz CT molecular complexity index is 1070. The number of nitrogens with one attached hydrogen (secondary N) is 1. The minimum atomic E-state index is 0.485. The highest BCUT2D eigenvalue weighted by molar-refractivity contribution is 9.10. The van der Waals surface area contributed by atoms with E-state index in [1.165, 1.54) is 50.8 Å². The van der Waals surface area contributed by atoms with Gasteiger partial charge in [0.15, 0.2) is 5.65 Å². The monoisotopic (exact) mass is 480 g/mol. The SMILES string of the molecule is Brc1cnn2c(NCc3cccnc3)cc(C3CCCN(C4CC5CCC4C5)C3)nc12. The van der Waals surface area contributed by atoms with Crippen molar-refractivity contribution in [2.24, 2.45) is 11.8 Å². The highest BCUT2D eigenvalue weighted by Gasteiger charge is 2.43. The number of anilines is 1. The van der Waals surface area contributed by atoms with E-state index in [9.17, 15) is 0 Å². The fraction of sp³-hybridized carbons (Fsp3) is 0.542. The summed E-state index contributed by atoms with van der Waals surface area (Å²) in [4.78, 5) is 12.1. The van der Waals surface area contributed by atoms with Crippen LogP contribution in [0.25, 0.3) is 5.65 Å². The summed E-state index contributed by atoms with van der Waals surface area (Å²) in [5, 5.41) is 8.11. The summed E-state index contributed by atoms with van der Waals surface area (Å²) in [6.07, 6.45) is 13.9. The second-order valence-corrected chi connectivity index (χ2v) is 10.4. The van der Waals surface area contributed by atoms with Crippen LogP contribution in [-0.4, -0.2) is 43.6 Å². The fourth-order valence-corrected chi connectivity index (χ4v) is 6.54. The smallest absolute Gasteiger partial charge is 0.171 e. The summed E-state index contributed by atoms with van der Waals surface area (Å²) < 4.78 is 2.85. The molecule has 6 nitrogen and oxygen atoms in total. The molecule has 6 rings (SSSR count). The average molecular weight is 481 g/mol. The van der Waals surface area contributed by atoms with Crippen LogP contribution in [0.5, 0.6) is 0 Å². The molecule has 4 atom stereocenters. The number of pyridine rings is 1. The highest BCUT2D eigenvalue weighted by Crippen LogP contribution is 2.47. The minimum Gasteiger partial charge on any atom is -0.366 e. The quantitative estimate of drug-likeness (QED) is 0.564. The van der Waals surface area contributed by atoms with Gasteiger partial charge in [0, 0.05) is 43.5 Å². The number of hydrogen-bond donors (Lipinski definition) is 1. The molecule has 3 aromatic heterocycles. The van der Waals surface area contributed by atoms with E-state index < -0.39 is 0 Å². The third kappa shape index (κ3) is 3.76. The molecule has 1 saturated heterocycles. The van der Waals surface area contributed by atoms with Gasteiger partial charge < -0.3 is 5.32 Å². The first-order valence-electron chi connectivity index (χ1n) is 11.7. The number of piperidine rings is 1. The van der Waals surface area contributed by atoms with E-state index in [4.69, 9.17) is 4.98 Å². The Morgan fingerprint density at radius 3 is 2.94 bits per heavy atom. The molecular weight excluding hydrogens is 452 g/mol. The summed E-state index contributed by atoms with van der Waals surface area (Å²) in [6, 6.07) is 7.10. The van der Waals surface area contributed by atoms with Gasteiger partial charge in [-0.1, -0.05) is 12.5 Å². The number of aromatic nitrogens is 4. The topological polar surface area (TPSA) is 58.4 Å². The summed E-state index contributed by atoms with van der Waals surface area (Å²) in [6.45, 7) is 3.12. The second-order valence-electron chi connectivity index (χ2n) is 9.59. The van der Waals surface area contributed by atoms with Gasteiger partial charge in [-0.3, -0.25) is 9.88 Å². The number of nitrogens with zero attached hydrogens (tertiary/aromatic N) is 5. The molecule has 1 N–H and O–H groups in total. The fourth-order valence-electron chi connectivity index (χ4n) is 6.19. The Morgan fingerprint density at radius 2 is 2.13 bits per heavy atom. The van der Waals surface area contributed by atoms with E-state index in [2.05, 4.69) is 48.4 Å². The van der Waals surface area contributed by atoms with Gasteiger partial charge in [-0.05, 0) is 78.0 Å². The van der Waals surface area contributed by atoms with E-state index in [-0.39, 0.29) is 0 Å². The first-order chi connectivity index (χ1) is 15.2. The molecule has 0 amide bonds. The van der Waals surface area contributed by atoms with Crippen LogP contribution in [0.1, 0.15) is 55.7 Å². The van der Waals surface area contributed by atoms with Crippen molar-refractivity contribution in [3.05, 3.63) is 52.5 Å².